The maximum absolute atomic E-state index is 6.54. The van der Waals surface area contributed by atoms with Crippen LogP contribution in [0.25, 0.3) is 117 Å². The largest absolute Gasteiger partial charge is 0.456 e. The highest BCUT2D eigenvalue weighted by Gasteiger charge is 2.20. The second-order valence-corrected chi connectivity index (χ2v) is 14.4. The zero-order valence-corrected chi connectivity index (χ0v) is 30.4. The second kappa shape index (κ2) is 12.3. The van der Waals surface area contributed by atoms with Crippen molar-refractivity contribution in [1.82, 2.24) is 19.5 Å². The molecule has 0 aliphatic heterocycles. The van der Waals surface area contributed by atoms with Crippen LogP contribution >= 0.6 is 0 Å². The molecule has 0 N–H and O–H groups in total. The molecular weight excluding hydrogens is 701 g/mol. The lowest BCUT2D eigenvalue weighted by atomic mass is 10.0. The van der Waals surface area contributed by atoms with E-state index in [1.54, 1.807) is 0 Å². The molecule has 0 fully saturated rings. The fourth-order valence-electron chi connectivity index (χ4n) is 8.41. The lowest BCUT2D eigenvalue weighted by molar-refractivity contribution is 0.668. The highest BCUT2D eigenvalue weighted by atomic mass is 16.3. The van der Waals surface area contributed by atoms with E-state index in [-0.39, 0.29) is 0 Å². The average Bonchev–Trinajstić information content (AvgIpc) is 3.95. The van der Waals surface area contributed by atoms with Gasteiger partial charge in [0.15, 0.2) is 17.5 Å². The average molecular weight is 731 g/mol. The monoisotopic (exact) mass is 730 g/mol. The van der Waals surface area contributed by atoms with Crippen LogP contribution in [-0.4, -0.2) is 19.5 Å². The van der Waals surface area contributed by atoms with E-state index >= 15 is 0 Å². The Morgan fingerprint density at radius 2 is 0.965 bits per heavy atom. The first-order valence-electron chi connectivity index (χ1n) is 19.0. The van der Waals surface area contributed by atoms with Gasteiger partial charge in [0.25, 0.3) is 0 Å². The number of aromatic nitrogens is 4. The molecule has 0 amide bonds. The van der Waals surface area contributed by atoms with Gasteiger partial charge in [0.05, 0.1) is 11.0 Å². The number of para-hydroxylation sites is 2. The Hall–Kier alpha value is -7.83. The van der Waals surface area contributed by atoms with Crippen LogP contribution in [-0.2, 0) is 0 Å². The van der Waals surface area contributed by atoms with Crippen molar-refractivity contribution in [2.24, 2.45) is 0 Å². The molecule has 4 heterocycles. The van der Waals surface area contributed by atoms with E-state index in [4.69, 9.17) is 23.8 Å². The minimum atomic E-state index is 0.562. The molecule has 4 aromatic heterocycles. The number of rotatable bonds is 5. The predicted octanol–water partition coefficient (Wildman–Crippen LogP) is 13.4. The van der Waals surface area contributed by atoms with Crippen LogP contribution in [0.15, 0.2) is 191 Å². The van der Waals surface area contributed by atoms with Crippen LogP contribution in [0.3, 0.4) is 0 Å². The molecule has 12 aromatic rings. The first-order chi connectivity index (χ1) is 28.2. The molecule has 6 heteroatoms. The zero-order valence-electron chi connectivity index (χ0n) is 30.4. The van der Waals surface area contributed by atoms with Crippen molar-refractivity contribution in [3.05, 3.63) is 182 Å². The van der Waals surface area contributed by atoms with Gasteiger partial charge in [0.1, 0.15) is 22.3 Å². The van der Waals surface area contributed by atoms with Gasteiger partial charge in [0.2, 0.25) is 0 Å². The first-order valence-corrected chi connectivity index (χ1v) is 19.0. The number of hydrogen-bond acceptors (Lipinski definition) is 5. The Kier molecular flexibility index (Phi) is 6.83. The molecule has 57 heavy (non-hydrogen) atoms. The van der Waals surface area contributed by atoms with Crippen molar-refractivity contribution in [3.8, 4) is 51.0 Å². The van der Waals surface area contributed by atoms with Gasteiger partial charge in [-0.2, -0.15) is 0 Å². The van der Waals surface area contributed by atoms with Gasteiger partial charge in [-0.15, -0.1) is 0 Å². The Bertz CT molecular complexity index is 3530. The second-order valence-electron chi connectivity index (χ2n) is 14.4. The van der Waals surface area contributed by atoms with Crippen LogP contribution in [0, 0.1) is 0 Å². The van der Waals surface area contributed by atoms with Crippen LogP contribution in [0.5, 0.6) is 0 Å². The van der Waals surface area contributed by atoms with Gasteiger partial charge in [-0.05, 0) is 71.8 Å². The molecule has 0 unspecified atom stereocenters. The zero-order chi connectivity index (χ0) is 37.5. The third-order valence-electron chi connectivity index (χ3n) is 11.1. The Morgan fingerprint density at radius 3 is 1.82 bits per heavy atom. The number of fused-ring (bicyclic) bond motifs is 9. The van der Waals surface area contributed by atoms with Crippen molar-refractivity contribution in [1.29, 1.82) is 0 Å². The van der Waals surface area contributed by atoms with Gasteiger partial charge in [-0.25, -0.2) is 15.0 Å². The summed E-state index contributed by atoms with van der Waals surface area (Å²) in [5.41, 5.74) is 11.5. The molecule has 6 nitrogen and oxygen atoms in total. The third kappa shape index (κ3) is 5.01. The number of benzene rings is 8. The highest BCUT2D eigenvalue weighted by molar-refractivity contribution is 6.14. The van der Waals surface area contributed by atoms with E-state index in [0.717, 1.165) is 77.3 Å². The summed E-state index contributed by atoms with van der Waals surface area (Å²) in [4.78, 5) is 15.3. The Balaban J connectivity index is 1.06. The van der Waals surface area contributed by atoms with Gasteiger partial charge in [-0.1, -0.05) is 121 Å². The van der Waals surface area contributed by atoms with Crippen LogP contribution < -0.4 is 0 Å². The summed E-state index contributed by atoms with van der Waals surface area (Å²) in [6.07, 6.45) is 0. The molecule has 0 aliphatic rings. The van der Waals surface area contributed by atoms with Gasteiger partial charge >= 0.3 is 0 Å². The Morgan fingerprint density at radius 1 is 0.333 bits per heavy atom. The standard InChI is InChI=1S/C51H30N4O2/c1-3-12-31(13-4-1)33-23-26-43-40(28-33)36-16-7-9-19-42(36)55(43)35-24-27-45-41(30-35)48-39(18-11-21-46(48)56-45)51-53-49(32-14-5-2-6-15-32)52-50(54-51)34-22-25-38-37-17-8-10-20-44(37)57-47(38)29-34/h1-30H. The number of furan rings is 2. The molecule has 0 radical (unpaired) electrons. The normalized spacial score (nSPS) is 11.9. The molecule has 0 spiro atoms. The number of nitrogens with zero attached hydrogens (tertiary/aromatic N) is 4. The van der Waals surface area contributed by atoms with E-state index in [1.807, 2.05) is 66.7 Å². The van der Waals surface area contributed by atoms with E-state index in [0.29, 0.717) is 17.5 Å². The smallest absolute Gasteiger partial charge is 0.164 e. The summed E-state index contributed by atoms with van der Waals surface area (Å²) in [5, 5.41) is 6.47. The van der Waals surface area contributed by atoms with Gasteiger partial charge < -0.3 is 13.4 Å². The summed E-state index contributed by atoms with van der Waals surface area (Å²) >= 11 is 0. The molecule has 0 bridgehead atoms. The first kappa shape index (κ1) is 31.5. The molecule has 8 aromatic carbocycles. The molecule has 0 aliphatic carbocycles. The molecule has 0 atom stereocenters. The maximum atomic E-state index is 6.54. The molecule has 0 saturated carbocycles. The Labute approximate surface area is 325 Å². The lowest BCUT2D eigenvalue weighted by Gasteiger charge is -2.10. The molecule has 266 valence electrons. The van der Waals surface area contributed by atoms with Crippen LogP contribution in [0.2, 0.25) is 0 Å². The quantitative estimate of drug-likeness (QED) is 0.176. The van der Waals surface area contributed by atoms with Gasteiger partial charge in [-0.3, -0.25) is 0 Å². The topological polar surface area (TPSA) is 69.9 Å². The lowest BCUT2D eigenvalue weighted by Crippen LogP contribution is -2.00. The highest BCUT2D eigenvalue weighted by Crippen LogP contribution is 2.40. The van der Waals surface area contributed by atoms with Gasteiger partial charge in [0, 0.05) is 54.7 Å². The van der Waals surface area contributed by atoms with Crippen LogP contribution in [0.4, 0.5) is 0 Å². The predicted molar refractivity (Wildman–Crippen MR) is 230 cm³/mol. The van der Waals surface area contributed by atoms with Crippen molar-refractivity contribution in [2.75, 3.05) is 0 Å². The summed E-state index contributed by atoms with van der Waals surface area (Å²) < 4.78 is 15.2. The summed E-state index contributed by atoms with van der Waals surface area (Å²) in [6, 6.07) is 62.8. The minimum absolute atomic E-state index is 0.562. The van der Waals surface area contributed by atoms with Crippen molar-refractivity contribution in [3.63, 3.8) is 0 Å². The molecule has 12 rings (SSSR count). The van der Waals surface area contributed by atoms with E-state index in [2.05, 4.69) is 120 Å². The third-order valence-corrected chi connectivity index (χ3v) is 11.1. The van der Waals surface area contributed by atoms with Crippen molar-refractivity contribution >= 4 is 65.7 Å². The summed E-state index contributed by atoms with van der Waals surface area (Å²) in [7, 11) is 0. The summed E-state index contributed by atoms with van der Waals surface area (Å²) in [5.74, 6) is 1.71. The fourth-order valence-corrected chi connectivity index (χ4v) is 8.41. The van der Waals surface area contributed by atoms with Crippen LogP contribution in [0.1, 0.15) is 0 Å². The fraction of sp³-hybridized carbons (Fsp3) is 0. The van der Waals surface area contributed by atoms with E-state index in [9.17, 15) is 0 Å². The molecule has 0 saturated heterocycles. The maximum Gasteiger partial charge on any atom is 0.164 e. The minimum Gasteiger partial charge on any atom is -0.456 e. The van der Waals surface area contributed by atoms with Crippen molar-refractivity contribution < 1.29 is 8.83 Å². The molecular formula is C51H30N4O2. The summed E-state index contributed by atoms with van der Waals surface area (Å²) in [6.45, 7) is 0. The van der Waals surface area contributed by atoms with Crippen molar-refractivity contribution in [2.45, 2.75) is 0 Å². The number of hydrogen-bond donors (Lipinski definition) is 0. The van der Waals surface area contributed by atoms with E-state index in [1.165, 1.54) is 21.9 Å². The van der Waals surface area contributed by atoms with E-state index < -0.39 is 0 Å². The SMILES string of the molecule is c1ccc(-c2ccc3c(c2)c2ccccc2n3-c2ccc3oc4cccc(-c5nc(-c6ccccc6)nc(-c6ccc7c(c6)oc6ccccc67)n5)c4c3c2)cc1.